The Balaban J connectivity index is 3.65. The SMILES string of the molecule is C[N+](C)(C)CCOP(=O)(O)O[14CH3]. The zero-order chi connectivity index (χ0) is 9.83. The van der Waals surface area contributed by atoms with Gasteiger partial charge in [-0.15, -0.1) is 0 Å². The largest absolute Gasteiger partial charge is 0.472 e. The Morgan fingerprint density at radius 1 is 1.50 bits per heavy atom. The molecule has 1 N–H and O–H groups in total. The van der Waals surface area contributed by atoms with E-state index >= 15 is 0 Å². The van der Waals surface area contributed by atoms with E-state index in [4.69, 9.17) is 4.89 Å². The Morgan fingerprint density at radius 3 is 2.33 bits per heavy atom. The Bertz CT molecular complexity index is 177. The van der Waals surface area contributed by atoms with Crippen LogP contribution in [0.1, 0.15) is 0 Å². The lowest BCUT2D eigenvalue weighted by Gasteiger charge is -2.23. The van der Waals surface area contributed by atoms with Crippen molar-refractivity contribution in [2.24, 2.45) is 0 Å². The minimum atomic E-state index is -3.77. The third-order valence-electron chi connectivity index (χ3n) is 1.25. The fourth-order valence-electron chi connectivity index (χ4n) is 0.483. The molecule has 74 valence electrons. The van der Waals surface area contributed by atoms with Crippen molar-refractivity contribution in [2.45, 2.75) is 0 Å². The number of likely N-dealkylation sites (N-methyl/N-ethyl adjacent to an activating group) is 1. The summed E-state index contributed by atoms with van der Waals surface area (Å²) in [6, 6.07) is 0. The maximum atomic E-state index is 10.8. The quantitative estimate of drug-likeness (QED) is 0.517. The van der Waals surface area contributed by atoms with Crippen molar-refractivity contribution in [1.82, 2.24) is 0 Å². The minimum absolute atomic E-state index is 0.213. The zero-order valence-electron chi connectivity index (χ0n) is 7.98. The van der Waals surface area contributed by atoms with Crippen LogP contribution in [0, 0.1) is 0 Å². The molecule has 0 aliphatic carbocycles. The van der Waals surface area contributed by atoms with E-state index in [0.717, 1.165) is 7.11 Å². The van der Waals surface area contributed by atoms with Gasteiger partial charge in [-0.25, -0.2) is 4.57 Å². The summed E-state index contributed by atoms with van der Waals surface area (Å²) >= 11 is 0. The first kappa shape index (κ1) is 12.1. The van der Waals surface area contributed by atoms with Crippen LogP contribution in [-0.2, 0) is 13.6 Å². The summed E-state index contributed by atoms with van der Waals surface area (Å²) < 4.78 is 20.3. The van der Waals surface area contributed by atoms with Crippen molar-refractivity contribution >= 4 is 7.82 Å². The van der Waals surface area contributed by atoms with Crippen LogP contribution in [0.4, 0.5) is 0 Å². The van der Waals surface area contributed by atoms with Gasteiger partial charge in [0, 0.05) is 7.11 Å². The van der Waals surface area contributed by atoms with E-state index in [1.54, 1.807) is 0 Å². The molecule has 0 aliphatic rings. The molecule has 0 amide bonds. The molecule has 0 heterocycles. The molecule has 6 heteroatoms. The van der Waals surface area contributed by atoms with Gasteiger partial charge in [0.15, 0.2) is 0 Å². The highest BCUT2D eigenvalue weighted by Gasteiger charge is 2.19. The maximum Gasteiger partial charge on any atom is 0.472 e. The van der Waals surface area contributed by atoms with Gasteiger partial charge in [-0.05, 0) is 0 Å². The van der Waals surface area contributed by atoms with Crippen LogP contribution in [0.5, 0.6) is 0 Å². The topological polar surface area (TPSA) is 55.8 Å². The molecule has 0 aliphatic heterocycles. The highest BCUT2D eigenvalue weighted by atomic mass is 31.2. The molecule has 0 rings (SSSR count). The lowest BCUT2D eigenvalue weighted by atomic mass is 10.5. The smallest absolute Gasteiger partial charge is 0.329 e. The summed E-state index contributed by atoms with van der Waals surface area (Å²) in [6.07, 6.45) is 0. The number of hydrogen-bond acceptors (Lipinski definition) is 3. The van der Waals surface area contributed by atoms with Crippen LogP contribution >= 0.6 is 7.82 Å². The molecule has 0 aromatic carbocycles. The van der Waals surface area contributed by atoms with E-state index in [0.29, 0.717) is 11.0 Å². The van der Waals surface area contributed by atoms with Crippen molar-refractivity contribution in [3.8, 4) is 0 Å². The summed E-state index contributed by atoms with van der Waals surface area (Å²) in [5, 5.41) is 0. The molecule has 1 atom stereocenters. The molecule has 0 fully saturated rings. The molecule has 0 aromatic heterocycles. The van der Waals surface area contributed by atoms with E-state index in [9.17, 15) is 4.57 Å². The number of phosphoric ester groups is 1. The van der Waals surface area contributed by atoms with Gasteiger partial charge < -0.3 is 9.38 Å². The number of phosphoric acid groups is 1. The van der Waals surface area contributed by atoms with Crippen molar-refractivity contribution in [3.63, 3.8) is 0 Å². The summed E-state index contributed by atoms with van der Waals surface area (Å²) in [7, 11) is 3.29. The number of nitrogens with zero attached hydrogens (tertiary/aromatic N) is 1. The summed E-state index contributed by atoms with van der Waals surface area (Å²) in [6.45, 7) is 0.874. The Labute approximate surface area is 73.1 Å². The minimum Gasteiger partial charge on any atom is -0.329 e. The molecular weight excluding hydrogens is 183 g/mol. The van der Waals surface area contributed by atoms with Crippen molar-refractivity contribution < 1.29 is 23.0 Å². The lowest BCUT2D eigenvalue weighted by molar-refractivity contribution is -0.870. The van der Waals surface area contributed by atoms with Crippen LogP contribution in [0.25, 0.3) is 0 Å². The molecule has 0 bridgehead atoms. The summed E-state index contributed by atoms with van der Waals surface area (Å²) in [5.41, 5.74) is 0. The predicted octanol–water partition coefficient (Wildman–Crippen LogP) is 0.456. The molecule has 0 aromatic rings. The van der Waals surface area contributed by atoms with Crippen molar-refractivity contribution in [1.29, 1.82) is 0 Å². The third kappa shape index (κ3) is 6.76. The van der Waals surface area contributed by atoms with Crippen molar-refractivity contribution in [3.05, 3.63) is 0 Å². The van der Waals surface area contributed by atoms with Gasteiger partial charge in [-0.2, -0.15) is 0 Å². The first-order valence-electron chi connectivity index (χ1n) is 3.60. The standard InChI is InChI=1S/C6H16NO4P/c1-7(2,3)5-6-11-12(8,9)10-4/h5-6H2,1-4H3/p+1/i4+2. The van der Waals surface area contributed by atoms with Gasteiger partial charge in [-0.1, -0.05) is 0 Å². The van der Waals surface area contributed by atoms with E-state index < -0.39 is 7.82 Å². The summed E-state index contributed by atoms with van der Waals surface area (Å²) in [4.78, 5) is 8.82. The average Bonchev–Trinajstić information content (AvgIpc) is 1.84. The van der Waals surface area contributed by atoms with Gasteiger partial charge in [0.25, 0.3) is 0 Å². The molecular formula is C6H17NO4P+. The Kier molecular flexibility index (Phi) is 4.37. The van der Waals surface area contributed by atoms with Crippen LogP contribution in [0.3, 0.4) is 0 Å². The number of quaternary nitrogens is 1. The fourth-order valence-corrected chi connectivity index (χ4v) is 0.901. The van der Waals surface area contributed by atoms with E-state index in [1.165, 1.54) is 0 Å². The molecule has 0 saturated heterocycles. The highest BCUT2D eigenvalue weighted by Crippen LogP contribution is 2.41. The Morgan fingerprint density at radius 2 is 2.00 bits per heavy atom. The maximum absolute atomic E-state index is 10.8. The Hall–Kier alpha value is 0.0700. The van der Waals surface area contributed by atoms with Gasteiger partial charge in [-0.3, -0.25) is 9.05 Å². The molecule has 0 saturated carbocycles. The second-order valence-electron chi connectivity index (χ2n) is 3.50. The monoisotopic (exact) mass is 200 g/mol. The lowest BCUT2D eigenvalue weighted by Crippen LogP contribution is -2.37. The van der Waals surface area contributed by atoms with Crippen molar-refractivity contribution in [2.75, 3.05) is 41.4 Å². The van der Waals surface area contributed by atoms with E-state index in [2.05, 4.69) is 9.05 Å². The van der Waals surface area contributed by atoms with Gasteiger partial charge in [0.05, 0.1) is 21.1 Å². The fraction of sp³-hybridized carbons (Fsp3) is 1.00. The molecule has 5 nitrogen and oxygen atoms in total. The van der Waals surface area contributed by atoms with Gasteiger partial charge >= 0.3 is 7.82 Å². The predicted molar refractivity (Wildman–Crippen MR) is 45.7 cm³/mol. The molecule has 12 heavy (non-hydrogen) atoms. The van der Waals surface area contributed by atoms with Crippen LogP contribution in [0.15, 0.2) is 0 Å². The number of hydrogen-bond donors (Lipinski definition) is 1. The van der Waals surface area contributed by atoms with Gasteiger partial charge in [0.2, 0.25) is 0 Å². The second kappa shape index (κ2) is 4.35. The molecule has 0 spiro atoms. The van der Waals surface area contributed by atoms with Crippen LogP contribution in [-0.4, -0.2) is 50.8 Å². The second-order valence-corrected chi connectivity index (χ2v) is 5.06. The van der Waals surface area contributed by atoms with Crippen LogP contribution < -0.4 is 0 Å². The summed E-state index contributed by atoms with van der Waals surface area (Å²) in [5.74, 6) is 0. The third-order valence-corrected chi connectivity index (χ3v) is 2.22. The van der Waals surface area contributed by atoms with Gasteiger partial charge in [0.1, 0.15) is 13.2 Å². The highest BCUT2D eigenvalue weighted by molar-refractivity contribution is 7.47. The number of rotatable bonds is 5. The zero-order valence-corrected chi connectivity index (χ0v) is 8.88. The first-order valence-corrected chi connectivity index (χ1v) is 5.10. The molecule has 0 radical (unpaired) electrons. The molecule has 1 unspecified atom stereocenters. The first-order chi connectivity index (χ1) is 5.27. The normalized spacial score (nSPS) is 17.4. The average molecular weight is 200 g/mol. The van der Waals surface area contributed by atoms with E-state index in [1.807, 2.05) is 21.1 Å². The van der Waals surface area contributed by atoms with Crippen LogP contribution in [0.2, 0.25) is 0 Å². The van der Waals surface area contributed by atoms with E-state index in [-0.39, 0.29) is 6.61 Å².